The van der Waals surface area contributed by atoms with Crippen LogP contribution >= 0.6 is 0 Å². The highest BCUT2D eigenvalue weighted by Crippen LogP contribution is 2.56. The van der Waals surface area contributed by atoms with Gasteiger partial charge in [0.15, 0.2) is 0 Å². The van der Waals surface area contributed by atoms with Gasteiger partial charge < -0.3 is 4.74 Å². The first-order valence-corrected chi connectivity index (χ1v) is 10.2. The van der Waals surface area contributed by atoms with E-state index in [9.17, 15) is 4.79 Å². The van der Waals surface area contributed by atoms with E-state index in [2.05, 4.69) is 41.5 Å². The van der Waals surface area contributed by atoms with Crippen LogP contribution in [-0.2, 0) is 9.53 Å². The summed E-state index contributed by atoms with van der Waals surface area (Å²) in [6, 6.07) is 0. The summed E-state index contributed by atoms with van der Waals surface area (Å²) < 4.78 is 4.95. The number of rotatable bonds is 5. The fraction of sp³-hybridized carbons (Fsp3) is 0.938. The molecule has 0 saturated heterocycles. The molecule has 0 aliphatic heterocycles. The summed E-state index contributed by atoms with van der Waals surface area (Å²) in [7, 11) is 0.119. The molecule has 19 heavy (non-hydrogen) atoms. The molecule has 1 aliphatic rings. The van der Waals surface area contributed by atoms with Gasteiger partial charge in [-0.3, -0.25) is 4.79 Å². The van der Waals surface area contributed by atoms with Crippen LogP contribution in [0.4, 0.5) is 0 Å². The summed E-state index contributed by atoms with van der Waals surface area (Å²) in [5.41, 5.74) is 3.15. The predicted octanol–water partition coefficient (Wildman–Crippen LogP) is 5.01. The van der Waals surface area contributed by atoms with Crippen LogP contribution in [-0.4, -0.2) is 21.2 Å². The van der Waals surface area contributed by atoms with E-state index in [0.29, 0.717) is 0 Å². The first kappa shape index (κ1) is 16.7. The zero-order chi connectivity index (χ0) is 14.8. The number of carbonyl (C=O) groups excluding carboxylic acids is 1. The van der Waals surface area contributed by atoms with Crippen LogP contribution in [0.15, 0.2) is 0 Å². The Kier molecular flexibility index (Phi) is 5.66. The number of methoxy groups -OCH3 is 1. The fourth-order valence-corrected chi connectivity index (χ4v) is 13.4. The van der Waals surface area contributed by atoms with Crippen molar-refractivity contribution < 1.29 is 9.53 Å². The van der Waals surface area contributed by atoms with Gasteiger partial charge in [0.1, 0.15) is 0 Å². The average molecular weight is 285 g/mol. The second-order valence-corrected chi connectivity index (χ2v) is 13.5. The Hall–Kier alpha value is -0.313. The molecule has 0 amide bonds. The van der Waals surface area contributed by atoms with Crippen molar-refractivity contribution in [1.82, 2.24) is 0 Å². The van der Waals surface area contributed by atoms with E-state index in [1.165, 1.54) is 13.5 Å². The molecular formula is C16H32O2Si. The largest absolute Gasteiger partial charge is 0.469 e. The summed E-state index contributed by atoms with van der Waals surface area (Å²) >= 11 is 0. The molecule has 1 saturated carbocycles. The zero-order valence-electron chi connectivity index (χ0n) is 13.8. The van der Waals surface area contributed by atoms with Gasteiger partial charge in [-0.2, -0.15) is 0 Å². The van der Waals surface area contributed by atoms with E-state index >= 15 is 0 Å². The van der Waals surface area contributed by atoms with Gasteiger partial charge in [0, 0.05) is 0 Å². The summed E-state index contributed by atoms with van der Waals surface area (Å²) in [5.74, 6) is 0.180. The second kappa shape index (κ2) is 6.42. The molecular weight excluding hydrogens is 252 g/mol. The Morgan fingerprint density at radius 2 is 1.47 bits per heavy atom. The minimum absolute atomic E-state index is 0.0154. The molecule has 2 nitrogen and oxygen atoms in total. The van der Waals surface area contributed by atoms with E-state index in [4.69, 9.17) is 4.74 Å². The maximum absolute atomic E-state index is 11.8. The van der Waals surface area contributed by atoms with E-state index < -0.39 is 8.07 Å². The van der Waals surface area contributed by atoms with Crippen molar-refractivity contribution in [3.63, 3.8) is 0 Å². The molecule has 0 unspecified atom stereocenters. The molecule has 3 heteroatoms. The quantitative estimate of drug-likeness (QED) is 0.524. The lowest BCUT2D eigenvalue weighted by molar-refractivity contribution is -0.145. The lowest BCUT2D eigenvalue weighted by Gasteiger charge is -2.48. The van der Waals surface area contributed by atoms with Crippen LogP contribution in [0.3, 0.4) is 0 Å². The summed E-state index contributed by atoms with van der Waals surface area (Å²) in [6.45, 7) is 14.5. The van der Waals surface area contributed by atoms with E-state index in [1.807, 2.05) is 0 Å². The van der Waals surface area contributed by atoms with Crippen molar-refractivity contribution in [3.05, 3.63) is 0 Å². The Balaban J connectivity index is 2.99. The molecule has 0 aromatic carbocycles. The molecule has 1 rings (SSSR count). The molecule has 0 N–H and O–H groups in total. The van der Waals surface area contributed by atoms with E-state index in [0.717, 1.165) is 35.0 Å². The fourth-order valence-electron chi connectivity index (χ4n) is 5.23. The van der Waals surface area contributed by atoms with Crippen LogP contribution in [0.5, 0.6) is 0 Å². The number of ether oxygens (including phenoxy) is 1. The molecule has 0 aromatic heterocycles. The molecule has 0 bridgehead atoms. The van der Waals surface area contributed by atoms with Crippen LogP contribution < -0.4 is 0 Å². The van der Waals surface area contributed by atoms with Crippen molar-refractivity contribution in [1.29, 1.82) is 0 Å². The first-order valence-electron chi connectivity index (χ1n) is 7.86. The number of esters is 1. The number of hydrogen-bond acceptors (Lipinski definition) is 2. The number of hydrogen-bond donors (Lipinski definition) is 0. The van der Waals surface area contributed by atoms with Gasteiger partial charge in [0.05, 0.1) is 21.1 Å². The Morgan fingerprint density at radius 3 is 1.84 bits per heavy atom. The van der Waals surface area contributed by atoms with Crippen molar-refractivity contribution in [3.8, 4) is 0 Å². The van der Waals surface area contributed by atoms with E-state index in [-0.39, 0.29) is 11.9 Å². The highest BCUT2D eigenvalue weighted by molar-refractivity contribution is 6.84. The SMILES string of the molecule is COC(=O)[C@@H]1CC[C@@H]([Si](C(C)C)(C(C)C)C(C)C)C1. The zero-order valence-corrected chi connectivity index (χ0v) is 14.8. The Labute approximate surface area is 120 Å². The topological polar surface area (TPSA) is 26.3 Å². The average Bonchev–Trinajstić information content (AvgIpc) is 2.77. The highest BCUT2D eigenvalue weighted by atomic mass is 28.3. The van der Waals surface area contributed by atoms with Gasteiger partial charge in [-0.1, -0.05) is 64.6 Å². The van der Waals surface area contributed by atoms with E-state index in [1.54, 1.807) is 0 Å². The minimum Gasteiger partial charge on any atom is -0.469 e. The van der Waals surface area contributed by atoms with Crippen LogP contribution in [0.1, 0.15) is 60.8 Å². The smallest absolute Gasteiger partial charge is 0.308 e. The third-order valence-electron chi connectivity index (χ3n) is 5.67. The highest BCUT2D eigenvalue weighted by Gasteiger charge is 2.51. The molecule has 1 fully saturated rings. The maximum atomic E-state index is 11.8. The lowest BCUT2D eigenvalue weighted by Crippen LogP contribution is -2.48. The summed E-state index contributed by atoms with van der Waals surface area (Å²) in [4.78, 5) is 11.8. The first-order chi connectivity index (χ1) is 8.78. The molecule has 0 radical (unpaired) electrons. The van der Waals surface area contributed by atoms with Gasteiger partial charge in [-0.05, 0) is 18.4 Å². The molecule has 112 valence electrons. The van der Waals surface area contributed by atoms with Gasteiger partial charge in [-0.15, -0.1) is 0 Å². The van der Waals surface area contributed by atoms with Gasteiger partial charge >= 0.3 is 5.97 Å². The molecule has 1 aliphatic carbocycles. The molecule has 0 aromatic rings. The Morgan fingerprint density at radius 1 is 1.00 bits per heavy atom. The normalized spacial score (nSPS) is 24.5. The lowest BCUT2D eigenvalue weighted by atomic mass is 10.1. The van der Waals surface area contributed by atoms with Crippen molar-refractivity contribution in [2.24, 2.45) is 5.92 Å². The summed E-state index contributed by atoms with van der Waals surface area (Å²) in [6.07, 6.45) is 3.35. The standard InChI is InChI=1S/C16H32O2Si/c1-11(2)19(12(3)4,13(5)6)15-9-8-14(10-15)16(17)18-7/h11-15H,8-10H2,1-7H3/t14-,15-/m1/s1. The van der Waals surface area contributed by atoms with Crippen LogP contribution in [0.2, 0.25) is 22.2 Å². The maximum Gasteiger partial charge on any atom is 0.308 e. The van der Waals surface area contributed by atoms with Gasteiger partial charge in [0.25, 0.3) is 0 Å². The van der Waals surface area contributed by atoms with Gasteiger partial charge in [-0.25, -0.2) is 0 Å². The van der Waals surface area contributed by atoms with Crippen LogP contribution in [0.25, 0.3) is 0 Å². The number of carbonyl (C=O) groups is 1. The molecule has 2 atom stereocenters. The van der Waals surface area contributed by atoms with Gasteiger partial charge in [0.2, 0.25) is 0 Å². The molecule has 0 spiro atoms. The van der Waals surface area contributed by atoms with Crippen molar-refractivity contribution >= 4 is 14.0 Å². The molecule has 0 heterocycles. The summed E-state index contributed by atoms with van der Waals surface area (Å²) in [5, 5.41) is 0. The third-order valence-corrected chi connectivity index (χ3v) is 13.6. The monoisotopic (exact) mass is 284 g/mol. The Bertz CT molecular complexity index is 288. The minimum atomic E-state index is -1.40. The third kappa shape index (κ3) is 2.91. The van der Waals surface area contributed by atoms with Crippen molar-refractivity contribution in [2.75, 3.05) is 7.11 Å². The van der Waals surface area contributed by atoms with Crippen LogP contribution in [0, 0.1) is 5.92 Å². The second-order valence-electron chi connectivity index (χ2n) is 7.19. The predicted molar refractivity (Wildman–Crippen MR) is 84.2 cm³/mol. The van der Waals surface area contributed by atoms with Crippen molar-refractivity contribution in [2.45, 2.75) is 83.0 Å².